The predicted molar refractivity (Wildman–Crippen MR) is 72.8 cm³/mol. The quantitative estimate of drug-likeness (QED) is 0.790. The summed E-state index contributed by atoms with van der Waals surface area (Å²) in [5.41, 5.74) is 1.70. The van der Waals surface area contributed by atoms with Crippen molar-refractivity contribution in [2.75, 3.05) is 0 Å². The Labute approximate surface area is 111 Å². The van der Waals surface area contributed by atoms with E-state index in [9.17, 15) is 4.79 Å². The van der Waals surface area contributed by atoms with E-state index in [1.54, 1.807) is 6.07 Å². The first-order valence-corrected chi connectivity index (χ1v) is 6.33. The van der Waals surface area contributed by atoms with Gasteiger partial charge in [0.15, 0.2) is 5.65 Å². The molecule has 0 aliphatic heterocycles. The highest BCUT2D eigenvalue weighted by Gasteiger charge is 2.04. The summed E-state index contributed by atoms with van der Waals surface area (Å²) in [5.74, 6) is 0.778. The van der Waals surface area contributed by atoms with Crippen molar-refractivity contribution in [1.82, 2.24) is 14.6 Å². The summed E-state index contributed by atoms with van der Waals surface area (Å²) < 4.78 is 2.50. The van der Waals surface area contributed by atoms with Crippen LogP contribution in [0.2, 0.25) is 0 Å². The van der Waals surface area contributed by atoms with E-state index in [0.29, 0.717) is 12.1 Å². The highest BCUT2D eigenvalue weighted by molar-refractivity contribution is 9.10. The summed E-state index contributed by atoms with van der Waals surface area (Å²) in [5, 5.41) is 3.01. The van der Waals surface area contributed by atoms with E-state index in [1.807, 2.05) is 30.3 Å². The van der Waals surface area contributed by atoms with E-state index < -0.39 is 0 Å². The van der Waals surface area contributed by atoms with Gasteiger partial charge >= 0.3 is 0 Å². The molecule has 2 heterocycles. The molecular formula is C13H10BrN3O. The molecule has 90 valence electrons. The molecule has 5 heteroatoms. The standard InChI is InChI=1S/C13H10BrN3O/c14-10-6-4-9(5-7-10)8-11-15-12-2-1-3-13(18)17(12)16-11/h1-7H,8H2,(H,15,16). The fourth-order valence-electron chi connectivity index (χ4n) is 1.85. The average Bonchev–Trinajstić information content (AvgIpc) is 2.76. The zero-order valence-electron chi connectivity index (χ0n) is 9.43. The molecule has 18 heavy (non-hydrogen) atoms. The Hall–Kier alpha value is -1.88. The number of pyridine rings is 1. The van der Waals surface area contributed by atoms with Crippen molar-refractivity contribution < 1.29 is 0 Å². The van der Waals surface area contributed by atoms with Crippen LogP contribution in [0, 0.1) is 0 Å². The molecule has 0 unspecified atom stereocenters. The van der Waals surface area contributed by atoms with Gasteiger partial charge in [-0.15, -0.1) is 0 Å². The zero-order chi connectivity index (χ0) is 12.5. The van der Waals surface area contributed by atoms with Crippen LogP contribution in [0.3, 0.4) is 0 Å². The predicted octanol–water partition coefficient (Wildman–Crippen LogP) is 2.38. The van der Waals surface area contributed by atoms with Gasteiger partial charge in [-0.3, -0.25) is 9.89 Å². The molecule has 0 spiro atoms. The van der Waals surface area contributed by atoms with Crippen LogP contribution in [0.4, 0.5) is 0 Å². The van der Waals surface area contributed by atoms with Crippen LogP contribution in [-0.2, 0) is 6.42 Å². The van der Waals surface area contributed by atoms with E-state index in [1.165, 1.54) is 10.6 Å². The Morgan fingerprint density at radius 3 is 2.67 bits per heavy atom. The minimum Gasteiger partial charge on any atom is -0.276 e. The van der Waals surface area contributed by atoms with Gasteiger partial charge in [-0.05, 0) is 23.8 Å². The number of H-pyrrole nitrogens is 1. The van der Waals surface area contributed by atoms with Gasteiger partial charge < -0.3 is 0 Å². The second-order valence-electron chi connectivity index (χ2n) is 4.03. The summed E-state index contributed by atoms with van der Waals surface area (Å²) >= 11 is 3.40. The van der Waals surface area contributed by atoms with Gasteiger partial charge in [0.25, 0.3) is 5.56 Å². The number of fused-ring (bicyclic) bond motifs is 1. The number of hydrogen-bond acceptors (Lipinski definition) is 2. The molecule has 0 aliphatic rings. The van der Waals surface area contributed by atoms with Crippen LogP contribution in [0.25, 0.3) is 5.65 Å². The molecule has 0 saturated heterocycles. The molecule has 0 amide bonds. The van der Waals surface area contributed by atoms with Crippen molar-refractivity contribution in [3.63, 3.8) is 0 Å². The van der Waals surface area contributed by atoms with Crippen LogP contribution in [-0.4, -0.2) is 14.6 Å². The molecule has 1 aromatic carbocycles. The first-order valence-electron chi connectivity index (χ1n) is 5.53. The number of nitrogens with zero attached hydrogens (tertiary/aromatic N) is 2. The second kappa shape index (κ2) is 4.42. The third-order valence-corrected chi connectivity index (χ3v) is 3.24. The fraction of sp³-hybridized carbons (Fsp3) is 0.0769. The molecule has 4 nitrogen and oxygen atoms in total. The number of benzene rings is 1. The van der Waals surface area contributed by atoms with Gasteiger partial charge in [0.1, 0.15) is 5.82 Å². The van der Waals surface area contributed by atoms with Gasteiger partial charge in [-0.2, -0.15) is 0 Å². The Balaban J connectivity index is 1.98. The molecule has 0 aliphatic carbocycles. The molecule has 2 aromatic heterocycles. The molecule has 0 bridgehead atoms. The number of nitrogens with one attached hydrogen (secondary N) is 1. The zero-order valence-corrected chi connectivity index (χ0v) is 11.0. The van der Waals surface area contributed by atoms with Crippen LogP contribution in [0.1, 0.15) is 11.4 Å². The maximum absolute atomic E-state index is 11.6. The minimum atomic E-state index is -0.0953. The van der Waals surface area contributed by atoms with E-state index in [0.717, 1.165) is 15.9 Å². The van der Waals surface area contributed by atoms with Crippen LogP contribution >= 0.6 is 15.9 Å². The SMILES string of the molecule is O=c1cccc2nc(Cc3ccc(Br)cc3)[nH]n12. The molecule has 3 aromatic rings. The van der Waals surface area contributed by atoms with Crippen molar-refractivity contribution in [3.8, 4) is 0 Å². The first-order chi connectivity index (χ1) is 8.72. The van der Waals surface area contributed by atoms with Crippen molar-refractivity contribution in [2.24, 2.45) is 0 Å². The normalized spacial score (nSPS) is 10.9. The topological polar surface area (TPSA) is 50.2 Å². The van der Waals surface area contributed by atoms with Gasteiger partial charge in [-0.25, -0.2) is 9.50 Å². The Bertz CT molecular complexity index is 743. The highest BCUT2D eigenvalue weighted by atomic mass is 79.9. The lowest BCUT2D eigenvalue weighted by Crippen LogP contribution is -2.11. The van der Waals surface area contributed by atoms with Crippen molar-refractivity contribution >= 4 is 21.6 Å². The van der Waals surface area contributed by atoms with Gasteiger partial charge in [-0.1, -0.05) is 34.1 Å². The van der Waals surface area contributed by atoms with E-state index >= 15 is 0 Å². The maximum atomic E-state index is 11.6. The lowest BCUT2D eigenvalue weighted by molar-refractivity contribution is 0.873. The lowest BCUT2D eigenvalue weighted by Gasteiger charge is -1.97. The summed E-state index contributed by atoms with van der Waals surface area (Å²) in [6.45, 7) is 0. The van der Waals surface area contributed by atoms with Crippen molar-refractivity contribution in [3.05, 3.63) is 68.7 Å². The van der Waals surface area contributed by atoms with Crippen molar-refractivity contribution in [1.29, 1.82) is 0 Å². The number of halogens is 1. The summed E-state index contributed by atoms with van der Waals surface area (Å²) in [6, 6.07) is 13.1. The molecular weight excluding hydrogens is 294 g/mol. The van der Waals surface area contributed by atoms with E-state index in [4.69, 9.17) is 0 Å². The first kappa shape index (κ1) is 11.2. The minimum absolute atomic E-state index is 0.0953. The molecule has 0 radical (unpaired) electrons. The number of aromatic amines is 1. The molecule has 0 atom stereocenters. The fourth-order valence-corrected chi connectivity index (χ4v) is 2.11. The third kappa shape index (κ3) is 2.09. The average molecular weight is 304 g/mol. The molecule has 3 rings (SSSR count). The van der Waals surface area contributed by atoms with Crippen LogP contribution in [0.5, 0.6) is 0 Å². The smallest absolute Gasteiger partial charge is 0.271 e. The van der Waals surface area contributed by atoms with Crippen molar-refractivity contribution in [2.45, 2.75) is 6.42 Å². The second-order valence-corrected chi connectivity index (χ2v) is 4.95. The molecule has 0 saturated carbocycles. The summed E-state index contributed by atoms with van der Waals surface area (Å²) in [6.07, 6.45) is 0.675. The maximum Gasteiger partial charge on any atom is 0.271 e. The van der Waals surface area contributed by atoms with E-state index in [-0.39, 0.29) is 5.56 Å². The largest absolute Gasteiger partial charge is 0.276 e. The lowest BCUT2D eigenvalue weighted by atomic mass is 10.1. The van der Waals surface area contributed by atoms with Crippen LogP contribution in [0.15, 0.2) is 51.7 Å². The number of hydrogen-bond donors (Lipinski definition) is 1. The summed E-state index contributed by atoms with van der Waals surface area (Å²) in [4.78, 5) is 16.0. The molecule has 0 fully saturated rings. The third-order valence-electron chi connectivity index (χ3n) is 2.71. The summed E-state index contributed by atoms with van der Waals surface area (Å²) in [7, 11) is 0. The van der Waals surface area contributed by atoms with Gasteiger partial charge in [0, 0.05) is 17.0 Å². The van der Waals surface area contributed by atoms with Gasteiger partial charge in [0.05, 0.1) is 0 Å². The molecule has 1 N–H and O–H groups in total. The monoisotopic (exact) mass is 303 g/mol. The van der Waals surface area contributed by atoms with Crippen LogP contribution < -0.4 is 5.56 Å². The van der Waals surface area contributed by atoms with E-state index in [2.05, 4.69) is 26.0 Å². The number of rotatable bonds is 2. The Morgan fingerprint density at radius 2 is 1.94 bits per heavy atom. The Kier molecular flexibility index (Phi) is 2.76. The highest BCUT2D eigenvalue weighted by Crippen LogP contribution is 2.12. The number of aromatic nitrogens is 3. The Morgan fingerprint density at radius 1 is 1.17 bits per heavy atom. The van der Waals surface area contributed by atoms with Gasteiger partial charge in [0.2, 0.25) is 0 Å².